The van der Waals surface area contributed by atoms with Gasteiger partial charge in [0.05, 0.1) is 22.8 Å². The van der Waals surface area contributed by atoms with Crippen LogP contribution in [-0.2, 0) is 0 Å². The molecule has 6 heterocycles. The zero-order valence-corrected chi connectivity index (χ0v) is 43.9. The molecule has 6 aromatic heterocycles. The van der Waals surface area contributed by atoms with Crippen molar-refractivity contribution in [1.82, 2.24) is 29.9 Å². The molecular formula is C74H44N6O2. The molecule has 2 unspecified atom stereocenters. The van der Waals surface area contributed by atoms with E-state index in [4.69, 9.17) is 28.8 Å². The minimum atomic E-state index is 0.00437. The number of nitrogens with zero attached hydrogens (tertiary/aromatic N) is 6. The predicted octanol–water partition coefficient (Wildman–Crippen LogP) is 18.2. The van der Waals surface area contributed by atoms with E-state index in [1.807, 2.05) is 36.7 Å². The van der Waals surface area contributed by atoms with Crippen LogP contribution in [0.2, 0.25) is 0 Å². The molecule has 0 N–H and O–H groups in total. The maximum Gasteiger partial charge on any atom is 0.160 e. The molecular weight excluding hydrogens is 1000 g/mol. The molecule has 8 nitrogen and oxygen atoms in total. The summed E-state index contributed by atoms with van der Waals surface area (Å²) in [5, 5.41) is 4.12. The lowest BCUT2D eigenvalue weighted by atomic mass is 9.61. The van der Waals surface area contributed by atoms with Crippen LogP contribution in [0.25, 0.3) is 134 Å². The number of hydrogen-bond donors (Lipinski definition) is 0. The van der Waals surface area contributed by atoms with E-state index >= 15 is 0 Å². The second-order valence-corrected chi connectivity index (χ2v) is 21.3. The number of pyridine rings is 2. The lowest BCUT2D eigenvalue weighted by molar-refractivity contribution is 0.669. The standard InChI is InChI=1S/C74H44N6O2/c1-3-11-45(12-4-1)63-39-65(47-25-21-43(22-26-47)51-17-9-19-57-61-41-75-35-33-67(61)81-71(51)57)79-73(77-63)49-29-31-55-59(37-49)69-53-15-7-8-16-54(53)70(55)60-38-50(30-32-56(60)69)74-78-64(46-13-5-2-6-14-46)40-66(80-74)48-27-23-44(24-28-48)52-18-10-20-58-62-42-76-36-34-68(62)82-72(52)58/h1-42,69-70H. The van der Waals surface area contributed by atoms with Crippen LogP contribution in [-0.4, -0.2) is 29.9 Å². The van der Waals surface area contributed by atoms with E-state index < -0.39 is 0 Å². The van der Waals surface area contributed by atoms with Crippen molar-refractivity contribution in [3.8, 4) is 90.1 Å². The third-order valence-corrected chi connectivity index (χ3v) is 16.7. The number of benzene rings is 9. The zero-order chi connectivity index (χ0) is 53.8. The first-order valence-electron chi connectivity index (χ1n) is 27.6. The van der Waals surface area contributed by atoms with Crippen LogP contribution < -0.4 is 0 Å². The van der Waals surface area contributed by atoms with E-state index in [0.717, 1.165) is 122 Å². The lowest BCUT2D eigenvalue weighted by Gasteiger charge is -2.42. The van der Waals surface area contributed by atoms with Gasteiger partial charge in [0.2, 0.25) is 0 Å². The Morgan fingerprint density at radius 3 is 1.06 bits per heavy atom. The normalized spacial score (nSPS) is 14.1. The van der Waals surface area contributed by atoms with Gasteiger partial charge in [-0.15, -0.1) is 0 Å². The van der Waals surface area contributed by atoms with Crippen LogP contribution in [0, 0.1) is 0 Å². The molecule has 9 aromatic carbocycles. The molecule has 8 heteroatoms. The fraction of sp³-hybridized carbons (Fsp3) is 0.0270. The molecule has 0 saturated heterocycles. The fourth-order valence-corrected chi connectivity index (χ4v) is 12.8. The second-order valence-electron chi connectivity index (χ2n) is 21.3. The summed E-state index contributed by atoms with van der Waals surface area (Å²) in [6.45, 7) is 0. The van der Waals surface area contributed by atoms with Gasteiger partial charge >= 0.3 is 0 Å². The van der Waals surface area contributed by atoms with Crippen molar-refractivity contribution >= 4 is 43.9 Å². The quantitative estimate of drug-likeness (QED) is 0.148. The van der Waals surface area contributed by atoms with E-state index in [9.17, 15) is 0 Å². The summed E-state index contributed by atoms with van der Waals surface area (Å²) in [6, 6.07) is 81.3. The highest BCUT2D eigenvalue weighted by atomic mass is 16.3. The van der Waals surface area contributed by atoms with Gasteiger partial charge in [-0.25, -0.2) is 19.9 Å². The minimum absolute atomic E-state index is 0.00437. The minimum Gasteiger partial charge on any atom is -0.455 e. The molecule has 2 atom stereocenters. The topological polar surface area (TPSA) is 104 Å². The monoisotopic (exact) mass is 1050 g/mol. The van der Waals surface area contributed by atoms with Gasteiger partial charge in [0.1, 0.15) is 22.3 Å². The Kier molecular flexibility index (Phi) is 10.3. The van der Waals surface area contributed by atoms with E-state index in [0.29, 0.717) is 11.6 Å². The molecule has 0 radical (unpaired) electrons. The largest absolute Gasteiger partial charge is 0.455 e. The maximum absolute atomic E-state index is 6.40. The third-order valence-electron chi connectivity index (χ3n) is 16.7. The van der Waals surface area contributed by atoms with Gasteiger partial charge in [0.15, 0.2) is 11.6 Å². The van der Waals surface area contributed by atoms with Crippen molar-refractivity contribution in [1.29, 1.82) is 0 Å². The number of aromatic nitrogens is 6. The smallest absolute Gasteiger partial charge is 0.160 e. The molecule has 0 spiro atoms. The highest BCUT2D eigenvalue weighted by Gasteiger charge is 2.41. The molecule has 0 saturated carbocycles. The van der Waals surface area contributed by atoms with E-state index in [1.165, 1.54) is 33.4 Å². The van der Waals surface area contributed by atoms with Crippen LogP contribution in [0.5, 0.6) is 0 Å². The van der Waals surface area contributed by atoms with Crippen LogP contribution >= 0.6 is 0 Å². The first-order chi connectivity index (χ1) is 40.6. The molecule has 2 bridgehead atoms. The summed E-state index contributed by atoms with van der Waals surface area (Å²) < 4.78 is 12.8. The highest BCUT2D eigenvalue weighted by Crippen LogP contribution is 2.57. The average Bonchev–Trinajstić information content (AvgIpc) is 1.41. The molecule has 15 aromatic rings. The molecule has 0 aliphatic heterocycles. The summed E-state index contributed by atoms with van der Waals surface area (Å²) in [4.78, 5) is 30.1. The zero-order valence-electron chi connectivity index (χ0n) is 43.9. The molecule has 0 fully saturated rings. The van der Waals surface area contributed by atoms with E-state index in [1.54, 1.807) is 12.4 Å². The first kappa shape index (κ1) is 46.0. The third kappa shape index (κ3) is 7.38. The summed E-state index contributed by atoms with van der Waals surface area (Å²) >= 11 is 0. The SMILES string of the molecule is c1ccc(-c2cc(-c3ccc(-c4cccc5c4oc4ccncc45)cc3)nc(-c3ccc4c(c3)C3c5ccccc5C4c4cc(-c5nc(-c6ccccc6)cc(-c6ccc(-c7cccc8c7oc7ccncc78)cc6)n5)ccc43)n2)cc1. The van der Waals surface area contributed by atoms with Crippen molar-refractivity contribution in [2.24, 2.45) is 0 Å². The number of rotatable bonds is 8. The number of hydrogen-bond acceptors (Lipinski definition) is 8. The van der Waals surface area contributed by atoms with E-state index in [2.05, 4.69) is 216 Å². The maximum atomic E-state index is 6.40. The second kappa shape index (κ2) is 18.3. The molecule has 0 amide bonds. The van der Waals surface area contributed by atoms with Crippen LogP contribution in [0.4, 0.5) is 0 Å². The molecule has 382 valence electrons. The molecule has 3 aliphatic carbocycles. The van der Waals surface area contributed by atoms with Crippen molar-refractivity contribution in [2.45, 2.75) is 11.8 Å². The Morgan fingerprint density at radius 2 is 0.634 bits per heavy atom. The van der Waals surface area contributed by atoms with Crippen LogP contribution in [0.15, 0.2) is 264 Å². The number of fused-ring (bicyclic) bond motifs is 6. The van der Waals surface area contributed by atoms with Gasteiger partial charge in [0, 0.05) is 103 Å². The van der Waals surface area contributed by atoms with Crippen molar-refractivity contribution < 1.29 is 8.83 Å². The Hall–Kier alpha value is -11.0. The average molecular weight is 1050 g/mol. The van der Waals surface area contributed by atoms with E-state index in [-0.39, 0.29) is 11.8 Å². The summed E-state index contributed by atoms with van der Waals surface area (Å²) in [5.74, 6) is 1.36. The predicted molar refractivity (Wildman–Crippen MR) is 326 cm³/mol. The number of para-hydroxylation sites is 2. The molecule has 18 rings (SSSR count). The Balaban J connectivity index is 0.740. The summed E-state index contributed by atoms with van der Waals surface area (Å²) in [6.07, 6.45) is 7.28. The van der Waals surface area contributed by atoms with Crippen LogP contribution in [0.3, 0.4) is 0 Å². The van der Waals surface area contributed by atoms with Gasteiger partial charge < -0.3 is 8.83 Å². The molecule has 3 aliphatic rings. The van der Waals surface area contributed by atoms with Crippen molar-refractivity contribution in [2.75, 3.05) is 0 Å². The van der Waals surface area contributed by atoms with Crippen LogP contribution in [0.1, 0.15) is 45.2 Å². The van der Waals surface area contributed by atoms with Gasteiger partial charge in [-0.05, 0) is 80.9 Å². The van der Waals surface area contributed by atoms with Gasteiger partial charge in [0.25, 0.3) is 0 Å². The Labute approximate surface area is 470 Å². The molecule has 82 heavy (non-hydrogen) atoms. The summed E-state index contributed by atoms with van der Waals surface area (Å²) in [7, 11) is 0. The van der Waals surface area contributed by atoms with Crippen molar-refractivity contribution in [3.05, 3.63) is 289 Å². The number of furan rings is 2. The highest BCUT2D eigenvalue weighted by molar-refractivity contribution is 6.10. The fourth-order valence-electron chi connectivity index (χ4n) is 12.8. The van der Waals surface area contributed by atoms with Gasteiger partial charge in [-0.2, -0.15) is 0 Å². The first-order valence-corrected chi connectivity index (χ1v) is 27.6. The van der Waals surface area contributed by atoms with Crippen molar-refractivity contribution in [3.63, 3.8) is 0 Å². The Morgan fingerprint density at radius 1 is 0.268 bits per heavy atom. The van der Waals surface area contributed by atoms with Gasteiger partial charge in [-0.3, -0.25) is 9.97 Å². The lowest BCUT2D eigenvalue weighted by Crippen LogP contribution is -2.27. The van der Waals surface area contributed by atoms with Gasteiger partial charge in [-0.1, -0.05) is 194 Å². The summed E-state index contributed by atoms with van der Waals surface area (Å²) in [5.41, 5.74) is 24.7. The Bertz CT molecular complexity index is 4730.